The Balaban J connectivity index is 2.44. The zero-order valence-corrected chi connectivity index (χ0v) is 11.2. The molecule has 6 nitrogen and oxygen atoms in total. The Hall–Kier alpha value is -1.86. The number of hydrogen-bond acceptors (Lipinski definition) is 4. The SMILES string of the molecule is CC(O)CN(c1ccccc1)S(=O)(=O)c1cn[nH]c1. The van der Waals surface area contributed by atoms with Crippen molar-refractivity contribution in [3.8, 4) is 0 Å². The van der Waals surface area contributed by atoms with E-state index in [-0.39, 0.29) is 11.4 Å². The highest BCUT2D eigenvalue weighted by Gasteiger charge is 2.26. The van der Waals surface area contributed by atoms with Gasteiger partial charge in [-0.25, -0.2) is 8.42 Å². The van der Waals surface area contributed by atoms with Crippen molar-refractivity contribution in [3.05, 3.63) is 42.7 Å². The van der Waals surface area contributed by atoms with E-state index in [1.54, 1.807) is 37.3 Å². The zero-order chi connectivity index (χ0) is 13.9. The number of para-hydroxylation sites is 1. The van der Waals surface area contributed by atoms with Gasteiger partial charge in [-0.15, -0.1) is 0 Å². The van der Waals surface area contributed by atoms with Gasteiger partial charge in [-0.3, -0.25) is 9.40 Å². The lowest BCUT2D eigenvalue weighted by Gasteiger charge is -2.24. The fourth-order valence-electron chi connectivity index (χ4n) is 1.68. The summed E-state index contributed by atoms with van der Waals surface area (Å²) >= 11 is 0. The first kappa shape index (κ1) is 13.6. The number of aromatic nitrogens is 2. The number of H-pyrrole nitrogens is 1. The maximum Gasteiger partial charge on any atom is 0.267 e. The topological polar surface area (TPSA) is 86.3 Å². The van der Waals surface area contributed by atoms with Crippen LogP contribution in [0.4, 0.5) is 5.69 Å². The molecule has 0 saturated carbocycles. The van der Waals surface area contributed by atoms with Crippen molar-refractivity contribution in [2.75, 3.05) is 10.8 Å². The van der Waals surface area contributed by atoms with Gasteiger partial charge in [0.2, 0.25) is 0 Å². The van der Waals surface area contributed by atoms with Gasteiger partial charge >= 0.3 is 0 Å². The van der Waals surface area contributed by atoms with E-state index >= 15 is 0 Å². The summed E-state index contributed by atoms with van der Waals surface area (Å²) < 4.78 is 26.1. The van der Waals surface area contributed by atoms with Gasteiger partial charge in [0.15, 0.2) is 0 Å². The Kier molecular flexibility index (Phi) is 3.87. The maximum absolute atomic E-state index is 12.5. The molecule has 1 unspecified atom stereocenters. The largest absolute Gasteiger partial charge is 0.392 e. The molecule has 1 aromatic carbocycles. The lowest BCUT2D eigenvalue weighted by atomic mass is 10.3. The van der Waals surface area contributed by atoms with E-state index in [9.17, 15) is 13.5 Å². The van der Waals surface area contributed by atoms with E-state index in [0.29, 0.717) is 5.69 Å². The van der Waals surface area contributed by atoms with Gasteiger partial charge in [-0.1, -0.05) is 18.2 Å². The van der Waals surface area contributed by atoms with Crippen LogP contribution in [0.5, 0.6) is 0 Å². The maximum atomic E-state index is 12.5. The smallest absolute Gasteiger partial charge is 0.267 e. The minimum atomic E-state index is -3.73. The summed E-state index contributed by atoms with van der Waals surface area (Å²) in [4.78, 5) is 0.0667. The van der Waals surface area contributed by atoms with Crippen molar-refractivity contribution in [1.82, 2.24) is 10.2 Å². The van der Waals surface area contributed by atoms with E-state index in [1.807, 2.05) is 0 Å². The second kappa shape index (κ2) is 5.41. The predicted octanol–water partition coefficient (Wildman–Crippen LogP) is 0.986. The summed E-state index contributed by atoms with van der Waals surface area (Å²) in [7, 11) is -3.73. The molecule has 102 valence electrons. The van der Waals surface area contributed by atoms with Crippen molar-refractivity contribution in [2.45, 2.75) is 17.9 Å². The molecule has 0 aliphatic heterocycles. The van der Waals surface area contributed by atoms with E-state index in [1.165, 1.54) is 16.7 Å². The third kappa shape index (κ3) is 2.94. The van der Waals surface area contributed by atoms with Crippen LogP contribution >= 0.6 is 0 Å². The predicted molar refractivity (Wildman–Crippen MR) is 71.2 cm³/mol. The van der Waals surface area contributed by atoms with Crippen molar-refractivity contribution in [2.24, 2.45) is 0 Å². The minimum absolute atomic E-state index is 0.0163. The van der Waals surface area contributed by atoms with Crippen molar-refractivity contribution in [1.29, 1.82) is 0 Å². The molecule has 0 saturated heterocycles. The van der Waals surface area contributed by atoms with Crippen LogP contribution in [0.15, 0.2) is 47.6 Å². The summed E-state index contributed by atoms with van der Waals surface area (Å²) in [6.45, 7) is 1.53. The summed E-state index contributed by atoms with van der Waals surface area (Å²) in [5, 5.41) is 15.6. The summed E-state index contributed by atoms with van der Waals surface area (Å²) in [6.07, 6.45) is 1.78. The molecule has 0 aliphatic rings. The molecular formula is C12H15N3O3S. The van der Waals surface area contributed by atoms with Gasteiger partial charge in [0.1, 0.15) is 4.90 Å². The molecule has 2 aromatic rings. The Morgan fingerprint density at radius 1 is 1.37 bits per heavy atom. The van der Waals surface area contributed by atoms with Crippen molar-refractivity contribution < 1.29 is 13.5 Å². The van der Waals surface area contributed by atoms with Gasteiger partial charge in [0.25, 0.3) is 10.0 Å². The lowest BCUT2D eigenvalue weighted by molar-refractivity contribution is 0.204. The average Bonchev–Trinajstić information content (AvgIpc) is 2.91. The van der Waals surface area contributed by atoms with E-state index in [4.69, 9.17) is 0 Å². The minimum Gasteiger partial charge on any atom is -0.392 e. The second-order valence-electron chi connectivity index (χ2n) is 4.15. The van der Waals surface area contributed by atoms with Crippen LogP contribution in [-0.2, 0) is 10.0 Å². The number of aliphatic hydroxyl groups is 1. The molecule has 0 amide bonds. The number of hydrogen-bond donors (Lipinski definition) is 2. The number of rotatable bonds is 5. The Labute approximate surface area is 111 Å². The molecule has 2 rings (SSSR count). The van der Waals surface area contributed by atoms with E-state index in [2.05, 4.69) is 10.2 Å². The molecule has 1 heterocycles. The van der Waals surface area contributed by atoms with Gasteiger partial charge < -0.3 is 5.11 Å². The number of sulfonamides is 1. The molecule has 7 heteroatoms. The molecule has 0 bridgehead atoms. The van der Waals surface area contributed by atoms with Crippen molar-refractivity contribution >= 4 is 15.7 Å². The Bertz CT molecular complexity index is 609. The zero-order valence-electron chi connectivity index (χ0n) is 10.4. The van der Waals surface area contributed by atoms with Crippen LogP contribution in [0.25, 0.3) is 0 Å². The molecule has 1 atom stereocenters. The quantitative estimate of drug-likeness (QED) is 0.855. The first-order valence-corrected chi connectivity index (χ1v) is 7.20. The van der Waals surface area contributed by atoms with Crippen LogP contribution in [-0.4, -0.2) is 36.4 Å². The number of nitrogens with one attached hydrogen (secondary N) is 1. The Morgan fingerprint density at radius 2 is 2.05 bits per heavy atom. The van der Waals surface area contributed by atoms with Crippen LogP contribution in [0.2, 0.25) is 0 Å². The highest BCUT2D eigenvalue weighted by atomic mass is 32.2. The number of anilines is 1. The van der Waals surface area contributed by atoms with Crippen LogP contribution in [0.3, 0.4) is 0 Å². The van der Waals surface area contributed by atoms with Gasteiger partial charge in [-0.2, -0.15) is 5.10 Å². The van der Waals surface area contributed by atoms with E-state index < -0.39 is 16.1 Å². The monoisotopic (exact) mass is 281 g/mol. The van der Waals surface area contributed by atoms with Gasteiger partial charge in [0, 0.05) is 6.20 Å². The summed E-state index contributed by atoms with van der Waals surface area (Å²) in [5.41, 5.74) is 0.504. The molecule has 0 spiro atoms. The number of aliphatic hydroxyl groups excluding tert-OH is 1. The first-order chi connectivity index (χ1) is 9.01. The van der Waals surface area contributed by atoms with Crippen molar-refractivity contribution in [3.63, 3.8) is 0 Å². The lowest BCUT2D eigenvalue weighted by Crippen LogP contribution is -2.36. The number of nitrogens with zero attached hydrogens (tertiary/aromatic N) is 2. The molecule has 1 aromatic heterocycles. The average molecular weight is 281 g/mol. The third-order valence-electron chi connectivity index (χ3n) is 2.54. The summed E-state index contributed by atoms with van der Waals surface area (Å²) in [5.74, 6) is 0. The molecular weight excluding hydrogens is 266 g/mol. The highest BCUT2D eigenvalue weighted by Crippen LogP contribution is 2.22. The van der Waals surface area contributed by atoms with Crippen LogP contribution in [0.1, 0.15) is 6.92 Å². The fourth-order valence-corrected chi connectivity index (χ4v) is 3.14. The molecule has 2 N–H and O–H groups in total. The highest BCUT2D eigenvalue weighted by molar-refractivity contribution is 7.92. The molecule has 0 fully saturated rings. The number of aromatic amines is 1. The van der Waals surface area contributed by atoms with Crippen LogP contribution < -0.4 is 4.31 Å². The Morgan fingerprint density at radius 3 is 2.58 bits per heavy atom. The van der Waals surface area contributed by atoms with Gasteiger partial charge in [-0.05, 0) is 19.1 Å². The molecule has 0 aliphatic carbocycles. The fraction of sp³-hybridized carbons (Fsp3) is 0.250. The molecule has 0 radical (unpaired) electrons. The van der Waals surface area contributed by atoms with Gasteiger partial charge in [0.05, 0.1) is 24.5 Å². The number of benzene rings is 1. The normalized spacial score (nSPS) is 13.2. The first-order valence-electron chi connectivity index (χ1n) is 5.76. The van der Waals surface area contributed by atoms with Crippen LogP contribution in [0, 0.1) is 0 Å². The third-order valence-corrected chi connectivity index (χ3v) is 4.29. The van der Waals surface area contributed by atoms with E-state index in [0.717, 1.165) is 0 Å². The standard InChI is InChI=1S/C12H15N3O3S/c1-10(16)9-15(11-5-3-2-4-6-11)19(17,18)12-7-13-14-8-12/h2-8,10,16H,9H2,1H3,(H,13,14). The summed E-state index contributed by atoms with van der Waals surface area (Å²) in [6, 6.07) is 8.65. The second-order valence-corrected chi connectivity index (χ2v) is 6.02. The molecule has 19 heavy (non-hydrogen) atoms.